The largest absolute Gasteiger partial charge is 0.320 e. The molecule has 0 radical (unpaired) electrons. The van der Waals surface area contributed by atoms with Crippen LogP contribution in [0.4, 0.5) is 0 Å². The van der Waals surface area contributed by atoms with Gasteiger partial charge in [-0.3, -0.25) is 0 Å². The summed E-state index contributed by atoms with van der Waals surface area (Å²) in [4.78, 5) is 0. The highest BCUT2D eigenvalue weighted by Crippen LogP contribution is 2.47. The van der Waals surface area contributed by atoms with E-state index in [0.717, 1.165) is 18.9 Å². The quantitative estimate of drug-likeness (QED) is 0.764. The van der Waals surface area contributed by atoms with E-state index in [1.165, 1.54) is 12.8 Å². The Morgan fingerprint density at radius 1 is 1.67 bits per heavy atom. The van der Waals surface area contributed by atoms with Crippen LogP contribution in [0, 0.1) is 16.7 Å². The van der Waals surface area contributed by atoms with Gasteiger partial charge >= 0.3 is 0 Å². The summed E-state index contributed by atoms with van der Waals surface area (Å²) in [5, 5.41) is 19.8. The lowest BCUT2D eigenvalue weighted by Gasteiger charge is -2.11. The van der Waals surface area contributed by atoms with Crippen molar-refractivity contribution in [1.29, 1.82) is 5.26 Å². The zero-order valence-electron chi connectivity index (χ0n) is 8.90. The molecule has 2 rings (SSSR count). The van der Waals surface area contributed by atoms with Crippen LogP contribution in [0.3, 0.4) is 0 Å². The maximum Gasteiger partial charge on any atom is 0.146 e. The van der Waals surface area contributed by atoms with Crippen molar-refractivity contribution in [2.24, 2.45) is 12.5 Å². The first-order chi connectivity index (χ1) is 7.26. The number of aromatic nitrogens is 3. The van der Waals surface area contributed by atoms with Gasteiger partial charge in [-0.1, -0.05) is 0 Å². The Morgan fingerprint density at radius 2 is 2.47 bits per heavy atom. The summed E-state index contributed by atoms with van der Waals surface area (Å²) in [6, 6.07) is 2.25. The monoisotopic (exact) mass is 205 g/mol. The second-order valence-corrected chi connectivity index (χ2v) is 4.30. The van der Waals surface area contributed by atoms with Gasteiger partial charge in [-0.25, -0.2) is 0 Å². The van der Waals surface area contributed by atoms with Gasteiger partial charge in [-0.05, 0) is 18.3 Å². The Labute approximate surface area is 89.1 Å². The number of rotatable bonds is 5. The first-order valence-electron chi connectivity index (χ1n) is 5.16. The van der Waals surface area contributed by atoms with E-state index in [-0.39, 0.29) is 5.41 Å². The Morgan fingerprint density at radius 3 is 3.00 bits per heavy atom. The lowest BCUT2D eigenvalue weighted by atomic mass is 10.0. The minimum absolute atomic E-state index is 0.257. The third-order valence-electron chi connectivity index (χ3n) is 3.00. The molecular formula is C10H15N5. The zero-order valence-corrected chi connectivity index (χ0v) is 8.90. The maximum atomic E-state index is 8.67. The molecule has 0 unspecified atom stereocenters. The van der Waals surface area contributed by atoms with Crippen molar-refractivity contribution in [3.05, 3.63) is 12.2 Å². The van der Waals surface area contributed by atoms with Crippen molar-refractivity contribution in [2.45, 2.75) is 25.8 Å². The molecule has 1 aliphatic rings. The molecule has 1 saturated carbocycles. The fourth-order valence-electron chi connectivity index (χ4n) is 1.67. The number of nitrogens with zero attached hydrogens (tertiary/aromatic N) is 4. The van der Waals surface area contributed by atoms with Crippen LogP contribution >= 0.6 is 0 Å². The van der Waals surface area contributed by atoms with E-state index in [2.05, 4.69) is 21.6 Å². The van der Waals surface area contributed by atoms with E-state index in [0.29, 0.717) is 6.42 Å². The number of aryl methyl sites for hydroxylation is 1. The van der Waals surface area contributed by atoms with Crippen LogP contribution in [0.15, 0.2) is 6.33 Å². The molecule has 1 N–H and O–H groups in total. The van der Waals surface area contributed by atoms with Gasteiger partial charge in [0.25, 0.3) is 0 Å². The first kappa shape index (κ1) is 10.1. The van der Waals surface area contributed by atoms with Gasteiger partial charge in [0, 0.05) is 20.0 Å². The molecule has 0 aromatic carbocycles. The molecule has 0 atom stereocenters. The molecule has 0 saturated heterocycles. The summed E-state index contributed by atoms with van der Waals surface area (Å²) in [5.74, 6) is 0.933. The van der Waals surface area contributed by atoms with Crippen molar-refractivity contribution < 1.29 is 0 Å². The number of nitrogens with one attached hydrogen (secondary N) is 1. The molecule has 1 aliphatic carbocycles. The lowest BCUT2D eigenvalue weighted by Crippen LogP contribution is -2.24. The average molecular weight is 205 g/mol. The van der Waals surface area contributed by atoms with Crippen molar-refractivity contribution in [3.8, 4) is 6.07 Å². The van der Waals surface area contributed by atoms with Gasteiger partial charge in [-0.15, -0.1) is 10.2 Å². The van der Waals surface area contributed by atoms with Crippen LogP contribution in [0.1, 0.15) is 25.1 Å². The van der Waals surface area contributed by atoms with Gasteiger partial charge < -0.3 is 9.88 Å². The summed E-state index contributed by atoms with van der Waals surface area (Å²) >= 11 is 0. The third kappa shape index (κ3) is 2.34. The van der Waals surface area contributed by atoms with Gasteiger partial charge in [0.05, 0.1) is 12.6 Å². The molecule has 1 aromatic rings. The minimum Gasteiger partial charge on any atom is -0.320 e. The van der Waals surface area contributed by atoms with Crippen LogP contribution < -0.4 is 5.32 Å². The Bertz CT molecular complexity index is 371. The molecule has 5 nitrogen and oxygen atoms in total. The normalized spacial score (nSPS) is 17.3. The van der Waals surface area contributed by atoms with E-state index < -0.39 is 0 Å². The molecular weight excluding hydrogens is 190 g/mol. The van der Waals surface area contributed by atoms with Crippen molar-refractivity contribution >= 4 is 0 Å². The van der Waals surface area contributed by atoms with E-state index >= 15 is 0 Å². The van der Waals surface area contributed by atoms with Crippen LogP contribution in [0.25, 0.3) is 0 Å². The van der Waals surface area contributed by atoms with Gasteiger partial charge in [-0.2, -0.15) is 5.26 Å². The predicted molar refractivity (Wildman–Crippen MR) is 54.6 cm³/mol. The fourth-order valence-corrected chi connectivity index (χ4v) is 1.67. The van der Waals surface area contributed by atoms with Crippen molar-refractivity contribution in [2.75, 3.05) is 6.54 Å². The van der Waals surface area contributed by atoms with E-state index in [1.807, 2.05) is 11.6 Å². The Kier molecular flexibility index (Phi) is 2.69. The Hall–Kier alpha value is -1.41. The lowest BCUT2D eigenvalue weighted by molar-refractivity contribution is 0.459. The number of hydrogen-bond donors (Lipinski definition) is 1. The highest BCUT2D eigenvalue weighted by molar-refractivity contribution is 5.01. The minimum atomic E-state index is 0.257. The smallest absolute Gasteiger partial charge is 0.146 e. The molecule has 0 amide bonds. The molecule has 0 bridgehead atoms. The van der Waals surface area contributed by atoms with Crippen LogP contribution in [-0.2, 0) is 13.6 Å². The van der Waals surface area contributed by atoms with Crippen molar-refractivity contribution in [3.63, 3.8) is 0 Å². The molecule has 0 aliphatic heterocycles. The van der Waals surface area contributed by atoms with Crippen LogP contribution in [0.5, 0.6) is 0 Å². The summed E-state index contributed by atoms with van der Waals surface area (Å²) in [5.41, 5.74) is 0.257. The summed E-state index contributed by atoms with van der Waals surface area (Å²) in [6.45, 7) is 1.64. The molecule has 1 aromatic heterocycles. The predicted octanol–water partition coefficient (Wildman–Crippen LogP) is 0.599. The second kappa shape index (κ2) is 3.99. The van der Waals surface area contributed by atoms with Crippen molar-refractivity contribution in [1.82, 2.24) is 20.1 Å². The Balaban J connectivity index is 1.76. The third-order valence-corrected chi connectivity index (χ3v) is 3.00. The zero-order chi connectivity index (χ0) is 10.7. The van der Waals surface area contributed by atoms with E-state index in [9.17, 15) is 0 Å². The van der Waals surface area contributed by atoms with Gasteiger partial charge in [0.1, 0.15) is 12.2 Å². The molecule has 15 heavy (non-hydrogen) atoms. The van der Waals surface area contributed by atoms with Gasteiger partial charge in [0.15, 0.2) is 0 Å². The van der Waals surface area contributed by atoms with E-state index in [4.69, 9.17) is 5.26 Å². The molecule has 0 spiro atoms. The fraction of sp³-hybridized carbons (Fsp3) is 0.700. The highest BCUT2D eigenvalue weighted by Gasteiger charge is 2.41. The SMILES string of the molecule is Cn1cnnc1CNCC1(CC#N)CC1. The average Bonchev–Trinajstić information content (AvgIpc) is 2.85. The molecule has 80 valence electrons. The molecule has 1 fully saturated rings. The summed E-state index contributed by atoms with van der Waals surface area (Å²) in [7, 11) is 1.93. The van der Waals surface area contributed by atoms with Gasteiger partial charge in [0.2, 0.25) is 0 Å². The highest BCUT2D eigenvalue weighted by atomic mass is 15.3. The van der Waals surface area contributed by atoms with Crippen LogP contribution in [-0.4, -0.2) is 21.3 Å². The maximum absolute atomic E-state index is 8.67. The topological polar surface area (TPSA) is 66.5 Å². The first-order valence-corrected chi connectivity index (χ1v) is 5.16. The van der Waals surface area contributed by atoms with E-state index in [1.54, 1.807) is 6.33 Å². The molecule has 5 heteroatoms. The molecule has 1 heterocycles. The summed E-state index contributed by atoms with van der Waals surface area (Å²) in [6.07, 6.45) is 4.71. The summed E-state index contributed by atoms with van der Waals surface area (Å²) < 4.78 is 1.90. The number of hydrogen-bond acceptors (Lipinski definition) is 4. The standard InChI is InChI=1S/C10H15N5/c1-15-8-13-14-9(15)6-12-7-10(2-3-10)4-5-11/h8,12H,2-4,6-7H2,1H3. The number of nitriles is 1. The van der Waals surface area contributed by atoms with Crippen LogP contribution in [0.2, 0.25) is 0 Å². The second-order valence-electron chi connectivity index (χ2n) is 4.30.